The molecule has 1 fully saturated rings. The highest BCUT2D eigenvalue weighted by molar-refractivity contribution is 5.85. The molecule has 5 heteroatoms. The van der Waals surface area contributed by atoms with Crippen molar-refractivity contribution in [3.63, 3.8) is 0 Å². The van der Waals surface area contributed by atoms with Crippen molar-refractivity contribution in [1.82, 2.24) is 10.2 Å². The Labute approximate surface area is 123 Å². The summed E-state index contributed by atoms with van der Waals surface area (Å²) in [6.45, 7) is 10.8. The van der Waals surface area contributed by atoms with Gasteiger partial charge in [0, 0.05) is 19.6 Å². The summed E-state index contributed by atoms with van der Waals surface area (Å²) >= 11 is 0. The maximum absolute atomic E-state index is 12.2. The fraction of sp³-hybridized carbons (Fsp3) is 0.929. The molecule has 3 N–H and O–H groups in total. The number of carbonyl (C=O) groups excluding carboxylic acids is 1. The third-order valence-electron chi connectivity index (χ3n) is 3.79. The smallest absolute Gasteiger partial charge is 0.317 e. The number of hydrogen-bond acceptors (Lipinski definition) is 2. The van der Waals surface area contributed by atoms with Gasteiger partial charge in [-0.15, -0.1) is 12.4 Å². The molecule has 2 amide bonds. The summed E-state index contributed by atoms with van der Waals surface area (Å²) in [6, 6.07) is 0.0514. The summed E-state index contributed by atoms with van der Waals surface area (Å²) in [5.41, 5.74) is 5.54. The number of nitrogens with two attached hydrogens (primary N) is 1. The zero-order chi connectivity index (χ0) is 13.8. The third kappa shape index (κ3) is 6.00. The molecule has 1 aliphatic rings. The van der Waals surface area contributed by atoms with Crippen molar-refractivity contribution in [3.8, 4) is 0 Å². The summed E-state index contributed by atoms with van der Waals surface area (Å²) in [7, 11) is 0. The van der Waals surface area contributed by atoms with Gasteiger partial charge in [-0.05, 0) is 38.0 Å². The van der Waals surface area contributed by atoms with Crippen LogP contribution >= 0.6 is 12.4 Å². The van der Waals surface area contributed by atoms with Crippen molar-refractivity contribution >= 4 is 18.4 Å². The van der Waals surface area contributed by atoms with Gasteiger partial charge in [-0.3, -0.25) is 0 Å². The lowest BCUT2D eigenvalue weighted by Gasteiger charge is -2.36. The first kappa shape index (κ1) is 18.5. The van der Waals surface area contributed by atoms with Crippen LogP contribution in [0, 0.1) is 11.8 Å². The molecule has 19 heavy (non-hydrogen) atoms. The quantitative estimate of drug-likeness (QED) is 0.836. The topological polar surface area (TPSA) is 58.4 Å². The molecule has 4 nitrogen and oxygen atoms in total. The Morgan fingerprint density at radius 3 is 2.37 bits per heavy atom. The minimum atomic E-state index is -0.283. The Bertz CT molecular complexity index is 278. The van der Waals surface area contributed by atoms with Gasteiger partial charge in [-0.2, -0.15) is 0 Å². The fourth-order valence-corrected chi connectivity index (χ4v) is 2.64. The molecule has 0 saturated carbocycles. The van der Waals surface area contributed by atoms with Crippen LogP contribution in [0.15, 0.2) is 0 Å². The summed E-state index contributed by atoms with van der Waals surface area (Å²) in [6.07, 6.45) is 3.13. The number of urea groups is 1. The summed E-state index contributed by atoms with van der Waals surface area (Å²) < 4.78 is 0. The van der Waals surface area contributed by atoms with Gasteiger partial charge in [0.05, 0.1) is 5.54 Å². The molecule has 1 heterocycles. The molecule has 1 rings (SSSR count). The maximum atomic E-state index is 12.2. The van der Waals surface area contributed by atoms with E-state index in [2.05, 4.69) is 26.1 Å². The average molecular weight is 292 g/mol. The number of rotatable bonds is 4. The number of nitrogens with zero attached hydrogens (tertiary/aromatic N) is 1. The Kier molecular flexibility index (Phi) is 7.75. The van der Waals surface area contributed by atoms with E-state index in [4.69, 9.17) is 5.73 Å². The second kappa shape index (κ2) is 7.95. The first-order valence-electron chi connectivity index (χ1n) is 7.13. The zero-order valence-corrected chi connectivity index (χ0v) is 13.6. The monoisotopic (exact) mass is 291 g/mol. The van der Waals surface area contributed by atoms with Crippen LogP contribution in [0.25, 0.3) is 0 Å². The van der Waals surface area contributed by atoms with Crippen molar-refractivity contribution < 1.29 is 4.79 Å². The van der Waals surface area contributed by atoms with Crippen LogP contribution in [-0.2, 0) is 0 Å². The standard InChI is InChI=1S/C14H29N3O.ClH/c1-11(2)9-14(4,10-15)16-13(18)17-7-5-12(3)6-8-17;/h11-12H,5-10,15H2,1-4H3,(H,16,18);1H. The molecular formula is C14H30ClN3O. The highest BCUT2D eigenvalue weighted by Gasteiger charge is 2.29. The lowest BCUT2D eigenvalue weighted by atomic mass is 9.91. The van der Waals surface area contributed by atoms with Gasteiger partial charge in [0.1, 0.15) is 0 Å². The Balaban J connectivity index is 0.00000324. The SMILES string of the molecule is CC(C)CC(C)(CN)NC(=O)N1CCC(C)CC1.Cl. The predicted octanol–water partition coefficient (Wildman–Crippen LogP) is 2.61. The molecule has 1 atom stereocenters. The third-order valence-corrected chi connectivity index (χ3v) is 3.79. The summed E-state index contributed by atoms with van der Waals surface area (Å²) in [4.78, 5) is 14.1. The molecular weight excluding hydrogens is 262 g/mol. The molecule has 0 aromatic rings. The zero-order valence-electron chi connectivity index (χ0n) is 12.7. The number of piperidine rings is 1. The van der Waals surface area contributed by atoms with Crippen LogP contribution in [0.2, 0.25) is 0 Å². The number of nitrogens with one attached hydrogen (secondary N) is 1. The van der Waals surface area contributed by atoms with E-state index in [0.717, 1.165) is 38.3 Å². The van der Waals surface area contributed by atoms with Crippen molar-refractivity contribution in [1.29, 1.82) is 0 Å². The Hall–Kier alpha value is -0.480. The first-order valence-corrected chi connectivity index (χ1v) is 7.13. The van der Waals surface area contributed by atoms with E-state index < -0.39 is 0 Å². The molecule has 114 valence electrons. The van der Waals surface area contributed by atoms with Gasteiger partial charge < -0.3 is 16.0 Å². The van der Waals surface area contributed by atoms with Crippen molar-refractivity contribution in [3.05, 3.63) is 0 Å². The first-order chi connectivity index (χ1) is 8.36. The van der Waals surface area contributed by atoms with Crippen LogP contribution in [0.1, 0.15) is 47.0 Å². The highest BCUT2D eigenvalue weighted by Crippen LogP contribution is 2.19. The fourth-order valence-electron chi connectivity index (χ4n) is 2.64. The molecule has 0 radical (unpaired) electrons. The molecule has 0 spiro atoms. The van der Waals surface area contributed by atoms with Crippen molar-refractivity contribution in [2.24, 2.45) is 17.6 Å². The van der Waals surface area contributed by atoms with Crippen molar-refractivity contribution in [2.45, 2.75) is 52.5 Å². The van der Waals surface area contributed by atoms with Crippen LogP contribution in [0.4, 0.5) is 4.79 Å². The molecule has 0 bridgehead atoms. The summed E-state index contributed by atoms with van der Waals surface area (Å²) in [5.74, 6) is 1.27. The van der Waals surface area contributed by atoms with E-state index in [1.807, 2.05) is 11.8 Å². The van der Waals surface area contributed by atoms with E-state index in [0.29, 0.717) is 12.5 Å². The van der Waals surface area contributed by atoms with Gasteiger partial charge in [0.15, 0.2) is 0 Å². The van der Waals surface area contributed by atoms with E-state index in [-0.39, 0.29) is 24.0 Å². The van der Waals surface area contributed by atoms with Crippen LogP contribution in [0.5, 0.6) is 0 Å². The Morgan fingerprint density at radius 1 is 1.42 bits per heavy atom. The normalized spacial score (nSPS) is 19.8. The second-order valence-corrected chi connectivity index (χ2v) is 6.46. The van der Waals surface area contributed by atoms with Gasteiger partial charge in [-0.25, -0.2) is 4.79 Å². The molecule has 0 aromatic heterocycles. The minimum absolute atomic E-state index is 0. The predicted molar refractivity (Wildman–Crippen MR) is 82.7 cm³/mol. The van der Waals surface area contributed by atoms with Crippen molar-refractivity contribution in [2.75, 3.05) is 19.6 Å². The van der Waals surface area contributed by atoms with Crippen LogP contribution < -0.4 is 11.1 Å². The second-order valence-electron chi connectivity index (χ2n) is 6.46. The van der Waals surface area contributed by atoms with E-state index in [1.165, 1.54) is 0 Å². The van der Waals surface area contributed by atoms with Crippen LogP contribution in [0.3, 0.4) is 0 Å². The molecule has 1 saturated heterocycles. The average Bonchev–Trinajstić information content (AvgIpc) is 2.28. The van der Waals surface area contributed by atoms with E-state index in [9.17, 15) is 4.79 Å². The van der Waals surface area contributed by atoms with E-state index in [1.54, 1.807) is 0 Å². The lowest BCUT2D eigenvalue weighted by Crippen LogP contribution is -2.57. The van der Waals surface area contributed by atoms with Gasteiger partial charge in [-0.1, -0.05) is 20.8 Å². The number of carbonyl (C=O) groups is 1. The number of halogens is 1. The molecule has 0 aliphatic carbocycles. The van der Waals surface area contributed by atoms with E-state index >= 15 is 0 Å². The highest BCUT2D eigenvalue weighted by atomic mass is 35.5. The van der Waals surface area contributed by atoms with Gasteiger partial charge in [0.2, 0.25) is 0 Å². The largest absolute Gasteiger partial charge is 0.332 e. The Morgan fingerprint density at radius 2 is 1.95 bits per heavy atom. The maximum Gasteiger partial charge on any atom is 0.317 e. The summed E-state index contributed by atoms with van der Waals surface area (Å²) in [5, 5.41) is 3.12. The number of hydrogen-bond donors (Lipinski definition) is 2. The van der Waals surface area contributed by atoms with Crippen LogP contribution in [-0.4, -0.2) is 36.1 Å². The number of likely N-dealkylation sites (tertiary alicyclic amines) is 1. The molecule has 0 aromatic carbocycles. The van der Waals surface area contributed by atoms with Gasteiger partial charge >= 0.3 is 6.03 Å². The number of amides is 2. The molecule has 1 unspecified atom stereocenters. The lowest BCUT2D eigenvalue weighted by molar-refractivity contribution is 0.160. The minimum Gasteiger partial charge on any atom is -0.332 e. The van der Waals surface area contributed by atoms with Gasteiger partial charge in [0.25, 0.3) is 0 Å². The molecule has 1 aliphatic heterocycles.